The summed E-state index contributed by atoms with van der Waals surface area (Å²) in [6, 6.07) is 4.74. The van der Waals surface area contributed by atoms with Gasteiger partial charge >= 0.3 is 0 Å². The molecule has 0 saturated heterocycles. The molecule has 0 aliphatic heterocycles. The van der Waals surface area contributed by atoms with Gasteiger partial charge in [-0.25, -0.2) is 26.3 Å². The largest absolute Gasteiger partial charge is 0.383 e. The molecule has 2 aromatic rings. The number of anilines is 1. The molecule has 2 aromatic carbocycles. The molecular formula is C17H17F3N2O4S. The lowest BCUT2D eigenvalue weighted by Crippen LogP contribution is -2.35. The Hall–Kier alpha value is -2.43. The first-order valence-corrected chi connectivity index (χ1v) is 9.19. The number of carbonyl (C=O) groups excluding carboxylic acids is 1. The zero-order valence-corrected chi connectivity index (χ0v) is 15.2. The standard InChI is InChI=1S/C17H17F3N2O4S/c1-10(9-26-2)22-27(24,25)12-4-6-14(18)13(8-12)17(23)21-11-3-5-15(19)16(20)7-11/h3-8,10,22H,9H2,1-2H3,(H,21,23). The zero-order valence-electron chi connectivity index (χ0n) is 14.4. The van der Waals surface area contributed by atoms with Gasteiger partial charge in [0.05, 0.1) is 17.1 Å². The number of carbonyl (C=O) groups is 1. The van der Waals surface area contributed by atoms with Crippen LogP contribution in [0.15, 0.2) is 41.3 Å². The monoisotopic (exact) mass is 402 g/mol. The third kappa shape index (κ3) is 5.28. The Morgan fingerprint density at radius 1 is 1.07 bits per heavy atom. The van der Waals surface area contributed by atoms with E-state index in [1.54, 1.807) is 6.92 Å². The van der Waals surface area contributed by atoms with Crippen LogP contribution in [0.3, 0.4) is 0 Å². The van der Waals surface area contributed by atoms with Crippen molar-refractivity contribution >= 4 is 21.6 Å². The fourth-order valence-corrected chi connectivity index (χ4v) is 3.49. The van der Waals surface area contributed by atoms with Crippen molar-refractivity contribution < 1.29 is 31.1 Å². The minimum absolute atomic E-state index is 0.113. The highest BCUT2D eigenvalue weighted by Gasteiger charge is 2.21. The van der Waals surface area contributed by atoms with Gasteiger partial charge in [-0.3, -0.25) is 4.79 Å². The van der Waals surface area contributed by atoms with Crippen LogP contribution in [0.25, 0.3) is 0 Å². The van der Waals surface area contributed by atoms with E-state index in [0.717, 1.165) is 36.4 Å². The molecule has 0 heterocycles. The van der Waals surface area contributed by atoms with E-state index in [9.17, 15) is 26.4 Å². The van der Waals surface area contributed by atoms with Crippen molar-refractivity contribution in [2.24, 2.45) is 0 Å². The molecule has 6 nitrogen and oxygen atoms in total. The Bertz CT molecular complexity index is 951. The molecule has 0 radical (unpaired) electrons. The molecule has 27 heavy (non-hydrogen) atoms. The molecule has 0 aliphatic carbocycles. The highest BCUT2D eigenvalue weighted by atomic mass is 32.2. The van der Waals surface area contributed by atoms with E-state index in [1.807, 2.05) is 0 Å². The van der Waals surface area contributed by atoms with Crippen LogP contribution in [0.4, 0.5) is 18.9 Å². The van der Waals surface area contributed by atoms with E-state index in [0.29, 0.717) is 0 Å². The third-order valence-electron chi connectivity index (χ3n) is 3.44. The van der Waals surface area contributed by atoms with Crippen molar-refractivity contribution in [3.8, 4) is 0 Å². The average molecular weight is 402 g/mol. The van der Waals surface area contributed by atoms with Gasteiger partial charge in [0, 0.05) is 24.9 Å². The van der Waals surface area contributed by atoms with Gasteiger partial charge in [0.1, 0.15) is 5.82 Å². The first-order valence-electron chi connectivity index (χ1n) is 7.71. The summed E-state index contributed by atoms with van der Waals surface area (Å²) in [6.07, 6.45) is 0. The topological polar surface area (TPSA) is 84.5 Å². The summed E-state index contributed by atoms with van der Waals surface area (Å²) in [5, 5.41) is 2.19. The highest BCUT2D eigenvalue weighted by molar-refractivity contribution is 7.89. The molecule has 0 fully saturated rings. The number of rotatable bonds is 7. The number of halogens is 3. The lowest BCUT2D eigenvalue weighted by molar-refractivity contribution is 0.102. The Balaban J connectivity index is 2.28. The fraction of sp³-hybridized carbons (Fsp3) is 0.235. The summed E-state index contributed by atoms with van der Waals surface area (Å²) in [5.74, 6) is -4.29. The van der Waals surface area contributed by atoms with Crippen LogP contribution in [-0.2, 0) is 14.8 Å². The number of sulfonamides is 1. The number of methoxy groups -OCH3 is 1. The normalized spacial score (nSPS) is 12.6. The Kier molecular flexibility index (Phi) is 6.58. The molecule has 1 atom stereocenters. The lowest BCUT2D eigenvalue weighted by atomic mass is 10.2. The molecule has 0 bridgehead atoms. The van der Waals surface area contributed by atoms with Crippen LogP contribution < -0.4 is 10.0 Å². The molecule has 1 unspecified atom stereocenters. The van der Waals surface area contributed by atoms with Crippen molar-refractivity contribution in [3.05, 3.63) is 59.4 Å². The minimum Gasteiger partial charge on any atom is -0.383 e. The second-order valence-electron chi connectivity index (χ2n) is 5.70. The van der Waals surface area contributed by atoms with Gasteiger partial charge in [-0.15, -0.1) is 0 Å². The zero-order chi connectivity index (χ0) is 20.2. The quantitative estimate of drug-likeness (QED) is 0.746. The Morgan fingerprint density at radius 2 is 1.74 bits per heavy atom. The molecule has 146 valence electrons. The van der Waals surface area contributed by atoms with Crippen molar-refractivity contribution in [1.82, 2.24) is 4.72 Å². The van der Waals surface area contributed by atoms with Gasteiger partial charge in [-0.05, 0) is 37.3 Å². The highest BCUT2D eigenvalue weighted by Crippen LogP contribution is 2.19. The predicted octanol–water partition coefficient (Wildman–Crippen LogP) is 2.67. The van der Waals surface area contributed by atoms with E-state index in [1.165, 1.54) is 7.11 Å². The molecule has 2 rings (SSSR count). The van der Waals surface area contributed by atoms with Crippen LogP contribution in [0.5, 0.6) is 0 Å². The van der Waals surface area contributed by atoms with Gasteiger partial charge < -0.3 is 10.1 Å². The molecule has 0 aliphatic rings. The molecule has 1 amide bonds. The van der Waals surface area contributed by atoms with Gasteiger partial charge in [0.25, 0.3) is 5.91 Å². The van der Waals surface area contributed by atoms with Crippen molar-refractivity contribution in [3.63, 3.8) is 0 Å². The number of hydrogen-bond acceptors (Lipinski definition) is 4. The summed E-state index contributed by atoms with van der Waals surface area (Å²) in [5.41, 5.74) is -0.680. The van der Waals surface area contributed by atoms with Gasteiger partial charge in [0.15, 0.2) is 11.6 Å². The summed E-state index contributed by atoms with van der Waals surface area (Å²) in [7, 11) is -2.62. The fourth-order valence-electron chi connectivity index (χ4n) is 2.23. The number of benzene rings is 2. The number of hydrogen-bond donors (Lipinski definition) is 2. The van der Waals surface area contributed by atoms with Crippen LogP contribution in [-0.4, -0.2) is 34.1 Å². The smallest absolute Gasteiger partial charge is 0.258 e. The summed E-state index contributed by atoms with van der Waals surface area (Å²) >= 11 is 0. The maximum absolute atomic E-state index is 14.0. The van der Waals surface area contributed by atoms with Crippen LogP contribution in [0, 0.1) is 17.5 Å². The third-order valence-corrected chi connectivity index (χ3v) is 5.03. The Morgan fingerprint density at radius 3 is 2.37 bits per heavy atom. The Labute approximate surface area is 154 Å². The van der Waals surface area contributed by atoms with Gasteiger partial charge in [-0.2, -0.15) is 0 Å². The molecule has 10 heteroatoms. The molecule has 0 saturated carbocycles. The lowest BCUT2D eigenvalue weighted by Gasteiger charge is -2.14. The van der Waals surface area contributed by atoms with Crippen molar-refractivity contribution in [2.75, 3.05) is 19.0 Å². The summed E-state index contributed by atoms with van der Waals surface area (Å²) < 4.78 is 72.0. The van der Waals surface area contributed by atoms with Crippen LogP contribution in [0.2, 0.25) is 0 Å². The van der Waals surface area contributed by atoms with E-state index in [-0.39, 0.29) is 17.2 Å². The van der Waals surface area contributed by atoms with Crippen LogP contribution >= 0.6 is 0 Å². The second-order valence-corrected chi connectivity index (χ2v) is 7.42. The van der Waals surface area contributed by atoms with Gasteiger partial charge in [0.2, 0.25) is 10.0 Å². The molecular weight excluding hydrogens is 385 g/mol. The van der Waals surface area contributed by atoms with Crippen molar-refractivity contribution in [1.29, 1.82) is 0 Å². The average Bonchev–Trinajstić information content (AvgIpc) is 2.58. The molecule has 0 aromatic heterocycles. The maximum atomic E-state index is 14.0. The number of ether oxygens (including phenoxy) is 1. The van der Waals surface area contributed by atoms with Gasteiger partial charge in [-0.1, -0.05) is 0 Å². The molecule has 0 spiro atoms. The SMILES string of the molecule is COCC(C)NS(=O)(=O)c1ccc(F)c(C(=O)Nc2ccc(F)c(F)c2)c1. The first-order chi connectivity index (χ1) is 12.6. The predicted molar refractivity (Wildman–Crippen MR) is 92.4 cm³/mol. The van der Waals surface area contributed by atoms with E-state index < -0.39 is 45.0 Å². The van der Waals surface area contributed by atoms with E-state index in [2.05, 4.69) is 10.0 Å². The number of amides is 1. The minimum atomic E-state index is -4.03. The first kappa shape index (κ1) is 20.9. The summed E-state index contributed by atoms with van der Waals surface area (Å²) in [6.45, 7) is 1.69. The van der Waals surface area contributed by atoms with Crippen molar-refractivity contribution in [2.45, 2.75) is 17.9 Å². The van der Waals surface area contributed by atoms with E-state index in [4.69, 9.17) is 4.74 Å². The maximum Gasteiger partial charge on any atom is 0.258 e. The van der Waals surface area contributed by atoms with Crippen LogP contribution in [0.1, 0.15) is 17.3 Å². The molecule has 2 N–H and O–H groups in total. The number of nitrogens with one attached hydrogen (secondary N) is 2. The summed E-state index contributed by atoms with van der Waals surface area (Å²) in [4.78, 5) is 11.9. The van der Waals surface area contributed by atoms with E-state index >= 15 is 0 Å². The second kappa shape index (κ2) is 8.51.